The molecule has 5 heteroatoms. The first-order chi connectivity index (χ1) is 11.0. The van der Waals surface area contributed by atoms with Crippen molar-refractivity contribution < 1.29 is 4.79 Å². The smallest absolute Gasteiger partial charge is 0.251 e. The number of likely N-dealkylation sites (tertiary alicyclic amines) is 1. The molecule has 3 rings (SSSR count). The minimum absolute atomic E-state index is 0.00517. The second-order valence-electron chi connectivity index (χ2n) is 6.63. The number of imidazole rings is 1. The molecule has 0 bridgehead atoms. The van der Waals surface area contributed by atoms with Gasteiger partial charge in [0.15, 0.2) is 0 Å². The molecule has 0 spiro atoms. The Kier molecular flexibility index (Phi) is 4.48. The van der Waals surface area contributed by atoms with E-state index in [0.717, 1.165) is 18.8 Å². The number of aromatic nitrogens is 2. The Morgan fingerprint density at radius 2 is 2.17 bits per heavy atom. The average molecular weight is 312 g/mol. The van der Waals surface area contributed by atoms with Gasteiger partial charge in [-0.15, -0.1) is 0 Å². The van der Waals surface area contributed by atoms with Gasteiger partial charge in [0.25, 0.3) is 5.91 Å². The first-order valence-electron chi connectivity index (χ1n) is 8.18. The van der Waals surface area contributed by atoms with Crippen LogP contribution in [0.2, 0.25) is 0 Å². The van der Waals surface area contributed by atoms with Gasteiger partial charge in [0.05, 0.1) is 6.33 Å². The maximum absolute atomic E-state index is 12.6. The number of benzene rings is 1. The largest absolute Gasteiger partial charge is 0.348 e. The zero-order valence-corrected chi connectivity index (χ0v) is 13.9. The van der Waals surface area contributed by atoms with E-state index >= 15 is 0 Å². The number of rotatable bonds is 4. The number of hydrogen-bond donors (Lipinski definition) is 1. The van der Waals surface area contributed by atoms with Crippen molar-refractivity contribution in [2.24, 2.45) is 5.92 Å². The maximum atomic E-state index is 12.6. The monoisotopic (exact) mass is 312 g/mol. The van der Waals surface area contributed by atoms with Crippen molar-refractivity contribution in [1.82, 2.24) is 19.8 Å². The number of amides is 1. The zero-order valence-electron chi connectivity index (χ0n) is 13.9. The van der Waals surface area contributed by atoms with Crippen molar-refractivity contribution in [2.75, 3.05) is 13.1 Å². The van der Waals surface area contributed by atoms with Gasteiger partial charge in [-0.25, -0.2) is 4.98 Å². The molecular formula is C18H24N4O. The first-order valence-corrected chi connectivity index (χ1v) is 8.18. The SMILES string of the molecule is CC1CN(C(C)C)CC1NC(=O)c1cccc(-n2ccnc2)c1. The normalized spacial score (nSPS) is 21.7. The molecule has 1 amide bonds. The molecule has 2 aromatic rings. The zero-order chi connectivity index (χ0) is 16.4. The van der Waals surface area contributed by atoms with Crippen LogP contribution in [0, 0.1) is 5.92 Å². The van der Waals surface area contributed by atoms with Crippen LogP contribution < -0.4 is 5.32 Å². The summed E-state index contributed by atoms with van der Waals surface area (Å²) in [6, 6.07) is 8.36. The van der Waals surface area contributed by atoms with Crippen LogP contribution in [0.1, 0.15) is 31.1 Å². The lowest BCUT2D eigenvalue weighted by Gasteiger charge is -2.20. The minimum atomic E-state index is -0.00517. The van der Waals surface area contributed by atoms with Crippen molar-refractivity contribution in [3.63, 3.8) is 0 Å². The van der Waals surface area contributed by atoms with Crippen LogP contribution in [-0.4, -0.2) is 45.5 Å². The van der Waals surface area contributed by atoms with Gasteiger partial charge in [0.1, 0.15) is 0 Å². The first kappa shape index (κ1) is 15.7. The molecule has 0 saturated carbocycles. The third-order valence-corrected chi connectivity index (χ3v) is 4.60. The van der Waals surface area contributed by atoms with E-state index in [0.29, 0.717) is 17.5 Å². The standard InChI is InChI=1S/C18H24N4O/c1-13(2)22-10-14(3)17(11-22)20-18(23)15-5-4-6-16(9-15)21-8-7-19-12-21/h4-9,12-14,17H,10-11H2,1-3H3,(H,20,23). The average Bonchev–Trinajstić information content (AvgIpc) is 3.18. The minimum Gasteiger partial charge on any atom is -0.348 e. The van der Waals surface area contributed by atoms with Crippen LogP contribution in [-0.2, 0) is 0 Å². The summed E-state index contributed by atoms with van der Waals surface area (Å²) < 4.78 is 1.90. The number of nitrogens with one attached hydrogen (secondary N) is 1. The summed E-state index contributed by atoms with van der Waals surface area (Å²) in [5.74, 6) is 0.465. The van der Waals surface area contributed by atoms with Crippen LogP contribution in [0.3, 0.4) is 0 Å². The number of nitrogens with zero attached hydrogens (tertiary/aromatic N) is 3. The molecule has 1 N–H and O–H groups in total. The van der Waals surface area contributed by atoms with Crippen molar-refractivity contribution in [3.05, 3.63) is 48.5 Å². The van der Waals surface area contributed by atoms with E-state index in [4.69, 9.17) is 0 Å². The molecule has 122 valence electrons. The highest BCUT2D eigenvalue weighted by Crippen LogP contribution is 2.19. The van der Waals surface area contributed by atoms with Crippen molar-refractivity contribution in [3.8, 4) is 5.69 Å². The highest BCUT2D eigenvalue weighted by atomic mass is 16.1. The molecule has 1 aromatic heterocycles. The number of carbonyl (C=O) groups is 1. The van der Waals surface area contributed by atoms with Gasteiger partial charge in [-0.2, -0.15) is 0 Å². The Morgan fingerprint density at radius 1 is 1.35 bits per heavy atom. The molecule has 1 saturated heterocycles. The van der Waals surface area contributed by atoms with E-state index in [1.807, 2.05) is 35.0 Å². The molecular weight excluding hydrogens is 288 g/mol. The van der Waals surface area contributed by atoms with Crippen LogP contribution in [0.4, 0.5) is 0 Å². The molecule has 0 aliphatic carbocycles. The lowest BCUT2D eigenvalue weighted by atomic mass is 10.1. The lowest BCUT2D eigenvalue weighted by Crippen LogP contribution is -2.40. The van der Waals surface area contributed by atoms with Gasteiger partial charge >= 0.3 is 0 Å². The van der Waals surface area contributed by atoms with Crippen LogP contribution in [0.5, 0.6) is 0 Å². The fraction of sp³-hybridized carbons (Fsp3) is 0.444. The summed E-state index contributed by atoms with van der Waals surface area (Å²) in [4.78, 5) is 19.1. The van der Waals surface area contributed by atoms with E-state index in [2.05, 4.69) is 36.0 Å². The predicted octanol–water partition coefficient (Wildman–Crippen LogP) is 2.33. The van der Waals surface area contributed by atoms with Gasteiger partial charge in [-0.05, 0) is 38.0 Å². The van der Waals surface area contributed by atoms with Gasteiger partial charge in [0, 0.05) is 48.8 Å². The Labute approximate surface area is 137 Å². The molecule has 23 heavy (non-hydrogen) atoms. The fourth-order valence-electron chi connectivity index (χ4n) is 3.09. The van der Waals surface area contributed by atoms with E-state index < -0.39 is 0 Å². The molecule has 0 radical (unpaired) electrons. The Morgan fingerprint density at radius 3 is 2.83 bits per heavy atom. The van der Waals surface area contributed by atoms with Crippen LogP contribution in [0.25, 0.3) is 5.69 Å². The highest BCUT2D eigenvalue weighted by molar-refractivity contribution is 5.95. The molecule has 5 nitrogen and oxygen atoms in total. The third-order valence-electron chi connectivity index (χ3n) is 4.60. The van der Waals surface area contributed by atoms with Gasteiger partial charge in [-0.1, -0.05) is 13.0 Å². The second kappa shape index (κ2) is 6.54. The molecule has 2 unspecified atom stereocenters. The van der Waals surface area contributed by atoms with E-state index in [1.54, 1.807) is 12.5 Å². The maximum Gasteiger partial charge on any atom is 0.251 e. The summed E-state index contributed by atoms with van der Waals surface area (Å²) in [6.07, 6.45) is 5.33. The lowest BCUT2D eigenvalue weighted by molar-refractivity contribution is 0.0930. The third kappa shape index (κ3) is 3.45. The Bertz CT molecular complexity index is 665. The van der Waals surface area contributed by atoms with Gasteiger partial charge < -0.3 is 9.88 Å². The summed E-state index contributed by atoms with van der Waals surface area (Å²) in [5, 5.41) is 3.20. The quantitative estimate of drug-likeness (QED) is 0.942. The summed E-state index contributed by atoms with van der Waals surface area (Å²) >= 11 is 0. The summed E-state index contributed by atoms with van der Waals surface area (Å²) in [6.45, 7) is 8.57. The summed E-state index contributed by atoms with van der Waals surface area (Å²) in [7, 11) is 0. The van der Waals surface area contributed by atoms with Crippen molar-refractivity contribution >= 4 is 5.91 Å². The molecule has 1 aliphatic rings. The number of carbonyl (C=O) groups excluding carboxylic acids is 1. The molecule has 2 atom stereocenters. The fourth-order valence-corrected chi connectivity index (χ4v) is 3.09. The van der Waals surface area contributed by atoms with Gasteiger partial charge in [-0.3, -0.25) is 9.69 Å². The second-order valence-corrected chi connectivity index (χ2v) is 6.63. The van der Waals surface area contributed by atoms with Crippen LogP contribution >= 0.6 is 0 Å². The highest BCUT2D eigenvalue weighted by Gasteiger charge is 2.31. The molecule has 2 heterocycles. The van der Waals surface area contributed by atoms with Gasteiger partial charge in [0.2, 0.25) is 0 Å². The topological polar surface area (TPSA) is 50.2 Å². The Balaban J connectivity index is 1.70. The van der Waals surface area contributed by atoms with Crippen LogP contribution in [0.15, 0.2) is 43.0 Å². The number of hydrogen-bond acceptors (Lipinski definition) is 3. The molecule has 1 aromatic carbocycles. The molecule has 1 aliphatic heterocycles. The Hall–Kier alpha value is -2.14. The van der Waals surface area contributed by atoms with Crippen molar-refractivity contribution in [2.45, 2.75) is 32.9 Å². The van der Waals surface area contributed by atoms with E-state index in [1.165, 1.54) is 0 Å². The predicted molar refractivity (Wildman–Crippen MR) is 90.7 cm³/mol. The molecule has 1 fully saturated rings. The van der Waals surface area contributed by atoms with Crippen molar-refractivity contribution in [1.29, 1.82) is 0 Å². The summed E-state index contributed by atoms with van der Waals surface area (Å²) in [5.41, 5.74) is 1.63. The van der Waals surface area contributed by atoms with E-state index in [-0.39, 0.29) is 11.9 Å². The van der Waals surface area contributed by atoms with E-state index in [9.17, 15) is 4.79 Å².